The zero-order valence-electron chi connectivity index (χ0n) is 11.3. The number of ether oxygens (including phenoxy) is 1. The van der Waals surface area contributed by atoms with Crippen molar-refractivity contribution in [2.24, 2.45) is 0 Å². The second-order valence-electron chi connectivity index (χ2n) is 4.74. The van der Waals surface area contributed by atoms with Gasteiger partial charge >= 0.3 is 0 Å². The van der Waals surface area contributed by atoms with Gasteiger partial charge in [-0.2, -0.15) is 4.52 Å². The highest BCUT2D eigenvalue weighted by Crippen LogP contribution is 2.33. The van der Waals surface area contributed by atoms with Gasteiger partial charge in [-0.25, -0.2) is 9.99 Å². The Bertz CT molecular complexity index is 692. The van der Waals surface area contributed by atoms with E-state index in [9.17, 15) is 0 Å². The molecule has 2 aromatic heterocycles. The Labute approximate surface area is 120 Å². The van der Waals surface area contributed by atoms with Crippen molar-refractivity contribution in [1.82, 2.24) is 20.2 Å². The molecule has 4 rings (SSSR count). The monoisotopic (exact) mass is 289 g/mol. The third-order valence-corrected chi connectivity index (χ3v) is 3.49. The van der Waals surface area contributed by atoms with Crippen LogP contribution in [0, 0.1) is 0 Å². The number of hydrazine groups is 1. The largest absolute Gasteiger partial charge is 0.395 e. The van der Waals surface area contributed by atoms with Crippen molar-refractivity contribution in [3.8, 4) is 0 Å². The molecule has 21 heavy (non-hydrogen) atoms. The summed E-state index contributed by atoms with van der Waals surface area (Å²) in [5, 5.41) is 6.34. The third kappa shape index (κ3) is 1.94. The molecule has 9 heteroatoms. The summed E-state index contributed by atoms with van der Waals surface area (Å²) in [6.07, 6.45) is 4.99. The number of nitrogens with one attached hydrogen (secondary N) is 1. The predicted octanol–water partition coefficient (Wildman–Crippen LogP) is -0.125. The number of nitrogen functional groups attached to an aromatic ring is 1. The summed E-state index contributed by atoms with van der Waals surface area (Å²) in [4.78, 5) is 11.6. The van der Waals surface area contributed by atoms with Gasteiger partial charge in [-0.3, -0.25) is 0 Å². The Kier molecular flexibility index (Phi) is 2.79. The summed E-state index contributed by atoms with van der Waals surface area (Å²) in [6.45, 7) is 2.90. The van der Waals surface area contributed by atoms with Crippen molar-refractivity contribution >= 4 is 23.0 Å². The van der Waals surface area contributed by atoms with Crippen LogP contribution in [0.5, 0.6) is 0 Å². The molecule has 0 aliphatic carbocycles. The van der Waals surface area contributed by atoms with Crippen LogP contribution in [-0.2, 0) is 9.57 Å². The van der Waals surface area contributed by atoms with Gasteiger partial charge in [-0.05, 0) is 6.07 Å². The molecule has 2 aromatic rings. The minimum Gasteiger partial charge on any atom is -0.395 e. The fourth-order valence-corrected chi connectivity index (χ4v) is 2.47. The zero-order chi connectivity index (χ0) is 14.2. The van der Waals surface area contributed by atoms with Crippen LogP contribution in [0.15, 0.2) is 24.7 Å². The van der Waals surface area contributed by atoms with Gasteiger partial charge in [0, 0.05) is 19.3 Å². The van der Waals surface area contributed by atoms with E-state index in [4.69, 9.17) is 15.3 Å². The van der Waals surface area contributed by atoms with E-state index in [2.05, 4.69) is 20.6 Å². The number of nitrogens with two attached hydrogens (primary N) is 1. The molecule has 0 atom stereocenters. The Hall–Kier alpha value is -2.52. The fourth-order valence-electron chi connectivity index (χ4n) is 2.47. The average Bonchev–Trinajstić information content (AvgIpc) is 3.15. The topological polar surface area (TPSA) is 93.2 Å². The number of nitrogens with zero attached hydrogens (tertiary/aromatic N) is 5. The van der Waals surface area contributed by atoms with Crippen molar-refractivity contribution in [1.29, 1.82) is 0 Å². The zero-order valence-corrected chi connectivity index (χ0v) is 11.3. The Morgan fingerprint density at radius 2 is 2.14 bits per heavy atom. The SMILES string of the molecule is Nc1ccnc2c(N3C=CON3)c(N3CCOCC3)nn12. The molecule has 2 aliphatic heterocycles. The summed E-state index contributed by atoms with van der Waals surface area (Å²) in [5.41, 5.74) is 10.2. The quantitative estimate of drug-likeness (QED) is 0.790. The first-order valence-electron chi connectivity index (χ1n) is 6.68. The molecule has 1 saturated heterocycles. The van der Waals surface area contributed by atoms with Gasteiger partial charge in [-0.15, -0.1) is 5.10 Å². The van der Waals surface area contributed by atoms with E-state index < -0.39 is 0 Å². The van der Waals surface area contributed by atoms with Crippen LogP contribution in [-0.4, -0.2) is 40.9 Å². The van der Waals surface area contributed by atoms with Gasteiger partial charge in [-0.1, -0.05) is 5.59 Å². The number of aromatic nitrogens is 3. The molecule has 3 N–H and O–H groups in total. The molecule has 4 heterocycles. The van der Waals surface area contributed by atoms with E-state index >= 15 is 0 Å². The number of fused-ring (bicyclic) bond motifs is 1. The normalized spacial score (nSPS) is 18.5. The molecule has 0 radical (unpaired) electrons. The predicted molar refractivity (Wildman–Crippen MR) is 76.3 cm³/mol. The van der Waals surface area contributed by atoms with Crippen LogP contribution in [0.4, 0.5) is 17.3 Å². The average molecular weight is 289 g/mol. The minimum atomic E-state index is 0.532. The van der Waals surface area contributed by atoms with E-state index in [1.165, 1.54) is 0 Å². The van der Waals surface area contributed by atoms with E-state index in [-0.39, 0.29) is 0 Å². The highest BCUT2D eigenvalue weighted by Gasteiger charge is 2.27. The Morgan fingerprint density at radius 3 is 2.90 bits per heavy atom. The first-order chi connectivity index (χ1) is 10.3. The highest BCUT2D eigenvalue weighted by atomic mass is 16.7. The van der Waals surface area contributed by atoms with Crippen LogP contribution >= 0.6 is 0 Å². The summed E-state index contributed by atoms with van der Waals surface area (Å²) in [6, 6.07) is 1.72. The maximum atomic E-state index is 6.00. The number of morpholine rings is 1. The van der Waals surface area contributed by atoms with Crippen molar-refractivity contribution in [2.45, 2.75) is 0 Å². The lowest BCUT2D eigenvalue weighted by Crippen LogP contribution is -2.38. The lowest BCUT2D eigenvalue weighted by Gasteiger charge is -2.28. The van der Waals surface area contributed by atoms with Crippen molar-refractivity contribution in [3.05, 3.63) is 24.7 Å². The Morgan fingerprint density at radius 1 is 1.29 bits per heavy atom. The first kappa shape index (κ1) is 12.2. The molecule has 0 spiro atoms. The first-order valence-corrected chi connectivity index (χ1v) is 6.68. The van der Waals surface area contributed by atoms with Crippen LogP contribution in [0.25, 0.3) is 5.65 Å². The summed E-state index contributed by atoms with van der Waals surface area (Å²) in [7, 11) is 0. The number of hydrogen-bond donors (Lipinski definition) is 2. The van der Waals surface area contributed by atoms with E-state index in [1.807, 2.05) is 0 Å². The summed E-state index contributed by atoms with van der Waals surface area (Å²) >= 11 is 0. The van der Waals surface area contributed by atoms with Crippen molar-refractivity contribution in [3.63, 3.8) is 0 Å². The third-order valence-electron chi connectivity index (χ3n) is 3.49. The van der Waals surface area contributed by atoms with Gasteiger partial charge < -0.3 is 20.2 Å². The molecule has 110 valence electrons. The number of rotatable bonds is 2. The molecule has 2 aliphatic rings. The smallest absolute Gasteiger partial charge is 0.185 e. The lowest BCUT2D eigenvalue weighted by molar-refractivity contribution is 0.122. The van der Waals surface area contributed by atoms with Gasteiger partial charge in [0.2, 0.25) is 0 Å². The van der Waals surface area contributed by atoms with E-state index in [0.29, 0.717) is 24.7 Å². The van der Waals surface area contributed by atoms with Gasteiger partial charge in [0.05, 0.1) is 19.4 Å². The van der Waals surface area contributed by atoms with Gasteiger partial charge in [0.25, 0.3) is 0 Å². The molecule has 0 unspecified atom stereocenters. The molecule has 9 nitrogen and oxygen atoms in total. The van der Waals surface area contributed by atoms with Crippen LogP contribution in [0.3, 0.4) is 0 Å². The highest BCUT2D eigenvalue weighted by molar-refractivity contribution is 5.83. The molecular formula is C12H15N7O2. The number of hydrogen-bond acceptors (Lipinski definition) is 8. The molecule has 1 fully saturated rings. The van der Waals surface area contributed by atoms with E-state index in [0.717, 1.165) is 24.6 Å². The van der Waals surface area contributed by atoms with E-state index in [1.54, 1.807) is 34.2 Å². The maximum Gasteiger partial charge on any atom is 0.185 e. The standard InChI is InChI=1S/C12H15N7O2/c13-9-1-2-14-11-10(18-5-8-21-16-18)12(15-19(9)11)17-3-6-20-7-4-17/h1-2,5,8,16H,3-4,6-7,13H2. The number of anilines is 3. The van der Waals surface area contributed by atoms with Gasteiger partial charge in [0.1, 0.15) is 17.8 Å². The van der Waals surface area contributed by atoms with Crippen LogP contribution < -0.4 is 21.2 Å². The molecular weight excluding hydrogens is 274 g/mol. The summed E-state index contributed by atoms with van der Waals surface area (Å²) in [5.74, 6) is 1.33. The fraction of sp³-hybridized carbons (Fsp3) is 0.333. The lowest BCUT2D eigenvalue weighted by atomic mass is 10.3. The molecule has 0 amide bonds. The molecule has 0 saturated carbocycles. The Balaban J connectivity index is 1.89. The molecule has 0 aromatic carbocycles. The van der Waals surface area contributed by atoms with Crippen molar-refractivity contribution < 1.29 is 9.57 Å². The van der Waals surface area contributed by atoms with Crippen LogP contribution in [0.2, 0.25) is 0 Å². The second-order valence-corrected chi connectivity index (χ2v) is 4.74. The minimum absolute atomic E-state index is 0.532. The second kappa shape index (κ2) is 4.79. The summed E-state index contributed by atoms with van der Waals surface area (Å²) < 4.78 is 7.03. The van der Waals surface area contributed by atoms with Gasteiger partial charge in [0.15, 0.2) is 11.5 Å². The van der Waals surface area contributed by atoms with Crippen molar-refractivity contribution in [2.75, 3.05) is 41.9 Å². The molecule has 0 bridgehead atoms. The van der Waals surface area contributed by atoms with Crippen LogP contribution in [0.1, 0.15) is 0 Å². The maximum absolute atomic E-state index is 6.00.